The maximum atomic E-state index is 12.9. The molecule has 1 aliphatic rings. The zero-order chi connectivity index (χ0) is 22.8. The normalized spacial score (nSPS) is 15.4. The standard InChI is InChI=1S/C22H21Cl2N5O3/c1-12(2)32-21(30)19-13(3)25-22-26-27-28-29(22)20(19)14-7-9-15(10-8-14)31-11-16-17(23)5-4-6-18(16)24/h4-10,12,20H,11H2,1-3H3,(H,25,26,28). The minimum atomic E-state index is -0.542. The van der Waals surface area contributed by atoms with Crippen LogP contribution in [0.5, 0.6) is 5.75 Å². The molecule has 32 heavy (non-hydrogen) atoms. The third kappa shape index (κ3) is 4.42. The molecular weight excluding hydrogens is 453 g/mol. The summed E-state index contributed by atoms with van der Waals surface area (Å²) >= 11 is 12.4. The molecule has 3 aromatic rings. The number of aromatic nitrogens is 4. The maximum absolute atomic E-state index is 12.9. The third-order valence-electron chi connectivity index (χ3n) is 4.92. The smallest absolute Gasteiger partial charge is 0.338 e. The van der Waals surface area contributed by atoms with Gasteiger partial charge in [-0.3, -0.25) is 0 Å². The highest BCUT2D eigenvalue weighted by atomic mass is 35.5. The second-order valence-corrected chi connectivity index (χ2v) is 8.34. The first-order valence-electron chi connectivity index (χ1n) is 9.97. The number of carbonyl (C=O) groups excluding carboxylic acids is 1. The number of esters is 1. The average molecular weight is 474 g/mol. The van der Waals surface area contributed by atoms with Crippen LogP contribution in [0.25, 0.3) is 0 Å². The summed E-state index contributed by atoms with van der Waals surface area (Å²) in [4.78, 5) is 12.9. The van der Waals surface area contributed by atoms with E-state index in [1.54, 1.807) is 43.7 Å². The van der Waals surface area contributed by atoms with E-state index >= 15 is 0 Å². The quantitative estimate of drug-likeness (QED) is 0.514. The van der Waals surface area contributed by atoms with Crippen LogP contribution in [0.1, 0.15) is 37.9 Å². The molecule has 0 radical (unpaired) electrons. The molecular formula is C22H21Cl2N5O3. The van der Waals surface area contributed by atoms with Crippen LogP contribution in [0.4, 0.5) is 5.95 Å². The van der Waals surface area contributed by atoms with Crippen molar-refractivity contribution in [1.82, 2.24) is 20.2 Å². The Labute approximate surface area is 195 Å². The summed E-state index contributed by atoms with van der Waals surface area (Å²) in [5, 5.41) is 15.9. The zero-order valence-corrected chi connectivity index (χ0v) is 19.2. The SMILES string of the molecule is CC1=C(C(=O)OC(C)C)C(c2ccc(OCc3c(Cl)cccc3Cl)cc2)n2nnnc2N1. The lowest BCUT2D eigenvalue weighted by Crippen LogP contribution is -2.30. The predicted octanol–water partition coefficient (Wildman–Crippen LogP) is 4.80. The topological polar surface area (TPSA) is 91.2 Å². The van der Waals surface area contributed by atoms with Gasteiger partial charge in [0.2, 0.25) is 5.95 Å². The van der Waals surface area contributed by atoms with Crippen LogP contribution in [0.2, 0.25) is 10.0 Å². The number of allylic oxidation sites excluding steroid dienone is 1. The van der Waals surface area contributed by atoms with Crippen molar-refractivity contribution in [1.29, 1.82) is 0 Å². The molecule has 0 aliphatic carbocycles. The lowest BCUT2D eigenvalue weighted by Gasteiger charge is -2.28. The van der Waals surface area contributed by atoms with Gasteiger partial charge in [-0.15, -0.1) is 0 Å². The van der Waals surface area contributed by atoms with Gasteiger partial charge in [-0.2, -0.15) is 4.68 Å². The molecule has 8 nitrogen and oxygen atoms in total. The van der Waals surface area contributed by atoms with Gasteiger partial charge in [-0.05, 0) is 61.0 Å². The van der Waals surface area contributed by atoms with Crippen molar-refractivity contribution in [3.05, 3.63) is 74.9 Å². The molecule has 10 heteroatoms. The Balaban J connectivity index is 1.61. The van der Waals surface area contributed by atoms with E-state index < -0.39 is 12.0 Å². The number of hydrogen-bond acceptors (Lipinski definition) is 7. The second kappa shape index (κ2) is 9.18. The number of carbonyl (C=O) groups is 1. The molecule has 1 atom stereocenters. The van der Waals surface area contributed by atoms with Gasteiger partial charge < -0.3 is 14.8 Å². The lowest BCUT2D eigenvalue weighted by molar-refractivity contribution is -0.143. The van der Waals surface area contributed by atoms with Gasteiger partial charge in [-0.25, -0.2) is 4.79 Å². The number of halogens is 2. The first kappa shape index (κ1) is 22.1. The molecule has 2 heterocycles. The van der Waals surface area contributed by atoms with Crippen molar-refractivity contribution in [2.45, 2.75) is 39.5 Å². The van der Waals surface area contributed by atoms with Crippen molar-refractivity contribution in [2.75, 3.05) is 5.32 Å². The number of anilines is 1. The number of rotatable bonds is 6. The Morgan fingerprint density at radius 2 is 1.84 bits per heavy atom. The monoisotopic (exact) mass is 473 g/mol. The van der Waals surface area contributed by atoms with Gasteiger partial charge >= 0.3 is 5.97 Å². The van der Waals surface area contributed by atoms with Crippen LogP contribution in [0.3, 0.4) is 0 Å². The summed E-state index contributed by atoms with van der Waals surface area (Å²) in [6.07, 6.45) is -0.258. The Hall–Kier alpha value is -3.10. The second-order valence-electron chi connectivity index (χ2n) is 7.53. The molecule has 2 aromatic carbocycles. The van der Waals surface area contributed by atoms with Gasteiger partial charge in [0.05, 0.1) is 11.7 Å². The van der Waals surface area contributed by atoms with E-state index in [0.717, 1.165) is 5.56 Å². The number of tetrazole rings is 1. The molecule has 0 amide bonds. The average Bonchev–Trinajstić information content (AvgIpc) is 3.20. The van der Waals surface area contributed by atoms with E-state index in [0.29, 0.717) is 38.6 Å². The van der Waals surface area contributed by atoms with Crippen LogP contribution < -0.4 is 10.1 Å². The largest absolute Gasteiger partial charge is 0.489 e. The molecule has 0 bridgehead atoms. The minimum absolute atomic E-state index is 0.229. The van der Waals surface area contributed by atoms with Gasteiger partial charge in [0.25, 0.3) is 0 Å². The van der Waals surface area contributed by atoms with Crippen molar-refractivity contribution in [3.8, 4) is 5.75 Å². The van der Waals surface area contributed by atoms with Gasteiger partial charge in [0.15, 0.2) is 0 Å². The number of ether oxygens (including phenoxy) is 2. The summed E-state index contributed by atoms with van der Waals surface area (Å²) in [6.45, 7) is 5.64. The van der Waals surface area contributed by atoms with Gasteiger partial charge in [0, 0.05) is 21.3 Å². The van der Waals surface area contributed by atoms with Crippen LogP contribution in [-0.4, -0.2) is 32.3 Å². The highest BCUT2D eigenvalue weighted by Crippen LogP contribution is 2.36. The molecule has 1 aromatic heterocycles. The highest BCUT2D eigenvalue weighted by Gasteiger charge is 2.35. The van der Waals surface area contributed by atoms with Crippen LogP contribution in [0, 0.1) is 0 Å². The molecule has 1 unspecified atom stereocenters. The van der Waals surface area contributed by atoms with E-state index in [2.05, 4.69) is 20.8 Å². The van der Waals surface area contributed by atoms with E-state index in [-0.39, 0.29) is 12.7 Å². The third-order valence-corrected chi connectivity index (χ3v) is 5.63. The summed E-state index contributed by atoms with van der Waals surface area (Å²) < 4.78 is 12.9. The Kier molecular flexibility index (Phi) is 6.34. The zero-order valence-electron chi connectivity index (χ0n) is 17.7. The summed E-state index contributed by atoms with van der Waals surface area (Å²) in [6, 6.07) is 12.1. The fraction of sp³-hybridized carbons (Fsp3) is 0.273. The lowest BCUT2D eigenvalue weighted by atomic mass is 9.95. The molecule has 1 aliphatic heterocycles. The fourth-order valence-electron chi connectivity index (χ4n) is 3.43. The number of fused-ring (bicyclic) bond motifs is 1. The molecule has 0 saturated heterocycles. The molecule has 0 saturated carbocycles. The van der Waals surface area contributed by atoms with Crippen molar-refractivity contribution < 1.29 is 14.3 Å². The summed E-state index contributed by atoms with van der Waals surface area (Å²) in [7, 11) is 0. The molecule has 166 valence electrons. The van der Waals surface area contributed by atoms with Crippen molar-refractivity contribution in [3.63, 3.8) is 0 Å². The maximum Gasteiger partial charge on any atom is 0.338 e. The Bertz CT molecular complexity index is 1150. The number of hydrogen-bond donors (Lipinski definition) is 1. The van der Waals surface area contributed by atoms with Crippen LogP contribution >= 0.6 is 23.2 Å². The van der Waals surface area contributed by atoms with Gasteiger partial charge in [0.1, 0.15) is 18.4 Å². The Morgan fingerprint density at radius 3 is 2.50 bits per heavy atom. The number of benzene rings is 2. The Morgan fingerprint density at radius 1 is 1.16 bits per heavy atom. The molecule has 4 rings (SSSR count). The van der Waals surface area contributed by atoms with Crippen molar-refractivity contribution in [2.24, 2.45) is 0 Å². The van der Waals surface area contributed by atoms with Gasteiger partial charge in [-0.1, -0.05) is 46.5 Å². The summed E-state index contributed by atoms with van der Waals surface area (Å²) in [5.74, 6) is 0.648. The van der Waals surface area contributed by atoms with E-state index in [1.165, 1.54) is 0 Å². The first-order valence-corrected chi connectivity index (χ1v) is 10.7. The first-order chi connectivity index (χ1) is 15.3. The van der Waals surface area contributed by atoms with Crippen molar-refractivity contribution >= 4 is 35.1 Å². The van der Waals surface area contributed by atoms with E-state index in [1.807, 2.05) is 24.3 Å². The van der Waals surface area contributed by atoms with Crippen LogP contribution in [0.15, 0.2) is 53.7 Å². The highest BCUT2D eigenvalue weighted by molar-refractivity contribution is 6.35. The summed E-state index contributed by atoms with van der Waals surface area (Å²) in [5.41, 5.74) is 2.60. The molecule has 0 fully saturated rings. The van der Waals surface area contributed by atoms with Crippen LogP contribution in [-0.2, 0) is 16.1 Å². The molecule has 0 spiro atoms. The number of nitrogens with one attached hydrogen (secondary N) is 1. The minimum Gasteiger partial charge on any atom is -0.489 e. The predicted molar refractivity (Wildman–Crippen MR) is 121 cm³/mol. The molecule has 1 N–H and O–H groups in total. The fourth-order valence-corrected chi connectivity index (χ4v) is 3.94. The number of nitrogens with zero attached hydrogens (tertiary/aromatic N) is 4. The van der Waals surface area contributed by atoms with E-state index in [9.17, 15) is 4.79 Å². The van der Waals surface area contributed by atoms with E-state index in [4.69, 9.17) is 32.7 Å².